The molecule has 0 unspecified atom stereocenters. The van der Waals surface area contributed by atoms with E-state index in [1.807, 2.05) is 12.2 Å². The zero-order valence-electron chi connectivity index (χ0n) is 6.05. The number of rotatable bonds is 1. The van der Waals surface area contributed by atoms with Crippen molar-refractivity contribution in [3.05, 3.63) is 23.9 Å². The van der Waals surface area contributed by atoms with Gasteiger partial charge in [0.25, 0.3) is 0 Å². The van der Waals surface area contributed by atoms with Gasteiger partial charge in [0.05, 0.1) is 0 Å². The lowest BCUT2D eigenvalue weighted by Gasteiger charge is -2.04. The van der Waals surface area contributed by atoms with Crippen LogP contribution in [0.5, 0.6) is 0 Å². The molecular formula is C8H11NO. The fourth-order valence-corrected chi connectivity index (χ4v) is 0.946. The lowest BCUT2D eigenvalue weighted by molar-refractivity contribution is -0.115. The van der Waals surface area contributed by atoms with E-state index in [2.05, 4.69) is 5.32 Å². The molecule has 0 aromatic heterocycles. The van der Waals surface area contributed by atoms with Crippen LogP contribution in [0.25, 0.3) is 0 Å². The quantitative estimate of drug-likeness (QED) is 0.546. The molecule has 10 heavy (non-hydrogen) atoms. The highest BCUT2D eigenvalue weighted by Gasteiger charge is 2.08. The van der Waals surface area contributed by atoms with E-state index < -0.39 is 0 Å². The lowest BCUT2D eigenvalue weighted by atomic mass is 10.0. The highest BCUT2D eigenvalue weighted by atomic mass is 16.1. The Labute approximate surface area is 60.6 Å². The largest absolute Gasteiger partial charge is 0.393 e. The van der Waals surface area contributed by atoms with E-state index in [0.29, 0.717) is 6.42 Å². The highest BCUT2D eigenvalue weighted by Crippen LogP contribution is 2.10. The van der Waals surface area contributed by atoms with Crippen LogP contribution >= 0.6 is 0 Å². The summed E-state index contributed by atoms with van der Waals surface area (Å²) >= 11 is 0. The molecule has 1 rings (SSSR count). The molecule has 2 nitrogen and oxygen atoms in total. The highest BCUT2D eigenvalue weighted by molar-refractivity contribution is 5.98. The third kappa shape index (κ3) is 1.47. The standard InChI is InChI=1S/C8H11NO/c1-9-6-7-4-2-3-5-8(7)10/h2,4,6,9H,3,5H2,1H3. The molecule has 0 spiro atoms. The maximum absolute atomic E-state index is 11.0. The minimum atomic E-state index is 0.233. The molecule has 0 aromatic rings. The first kappa shape index (κ1) is 7.06. The van der Waals surface area contributed by atoms with E-state index in [-0.39, 0.29) is 5.78 Å². The van der Waals surface area contributed by atoms with Crippen molar-refractivity contribution in [1.29, 1.82) is 0 Å². The van der Waals surface area contributed by atoms with Gasteiger partial charge in [-0.3, -0.25) is 4.79 Å². The Bertz CT molecular complexity index is 191. The van der Waals surface area contributed by atoms with Crippen LogP contribution in [0.1, 0.15) is 12.8 Å². The maximum Gasteiger partial charge on any atom is 0.164 e. The SMILES string of the molecule is CNC=C1C=CCCC1=O. The smallest absolute Gasteiger partial charge is 0.164 e. The van der Waals surface area contributed by atoms with Gasteiger partial charge in [0.1, 0.15) is 0 Å². The second kappa shape index (κ2) is 3.20. The molecule has 0 fully saturated rings. The summed E-state index contributed by atoms with van der Waals surface area (Å²) in [6.07, 6.45) is 7.16. The van der Waals surface area contributed by atoms with Crippen molar-refractivity contribution in [2.45, 2.75) is 12.8 Å². The van der Waals surface area contributed by atoms with Crippen LogP contribution in [0.3, 0.4) is 0 Å². The number of carbonyl (C=O) groups is 1. The number of hydrogen-bond donors (Lipinski definition) is 1. The van der Waals surface area contributed by atoms with Gasteiger partial charge >= 0.3 is 0 Å². The minimum Gasteiger partial charge on any atom is -0.393 e. The topological polar surface area (TPSA) is 29.1 Å². The summed E-state index contributed by atoms with van der Waals surface area (Å²) in [7, 11) is 1.79. The van der Waals surface area contributed by atoms with E-state index in [1.165, 1.54) is 0 Å². The molecule has 0 aromatic carbocycles. The molecule has 0 aliphatic heterocycles. The normalized spacial score (nSPS) is 21.7. The monoisotopic (exact) mass is 137 g/mol. The molecule has 0 heterocycles. The molecule has 2 heteroatoms. The van der Waals surface area contributed by atoms with Crippen molar-refractivity contribution in [3.8, 4) is 0 Å². The first-order chi connectivity index (χ1) is 4.84. The van der Waals surface area contributed by atoms with Crippen molar-refractivity contribution in [2.75, 3.05) is 7.05 Å². The molecule has 1 aliphatic rings. The van der Waals surface area contributed by atoms with E-state index in [9.17, 15) is 4.79 Å². The van der Waals surface area contributed by atoms with Crippen LogP contribution in [0, 0.1) is 0 Å². The minimum absolute atomic E-state index is 0.233. The van der Waals surface area contributed by atoms with Crippen LogP contribution < -0.4 is 5.32 Å². The number of Topliss-reactive ketones (excluding diaryl/α,β-unsaturated/α-hetero) is 1. The van der Waals surface area contributed by atoms with Crippen molar-refractivity contribution in [1.82, 2.24) is 5.32 Å². The molecule has 0 atom stereocenters. The third-order valence-corrected chi connectivity index (χ3v) is 1.46. The van der Waals surface area contributed by atoms with Crippen LogP contribution in [-0.4, -0.2) is 12.8 Å². The van der Waals surface area contributed by atoms with Gasteiger partial charge in [0, 0.05) is 25.2 Å². The molecule has 0 saturated carbocycles. The van der Waals surface area contributed by atoms with Crippen LogP contribution in [0.15, 0.2) is 23.9 Å². The fraction of sp³-hybridized carbons (Fsp3) is 0.375. The summed E-state index contributed by atoms with van der Waals surface area (Å²) in [5, 5.41) is 2.83. The predicted molar refractivity (Wildman–Crippen MR) is 40.5 cm³/mol. The molecule has 0 saturated heterocycles. The van der Waals surface area contributed by atoms with E-state index in [4.69, 9.17) is 0 Å². The van der Waals surface area contributed by atoms with Gasteiger partial charge in [-0.1, -0.05) is 12.2 Å². The van der Waals surface area contributed by atoms with Gasteiger partial charge in [-0.05, 0) is 6.42 Å². The number of ketones is 1. The summed E-state index contributed by atoms with van der Waals surface area (Å²) in [4.78, 5) is 11.0. The summed E-state index contributed by atoms with van der Waals surface area (Å²) in [5.41, 5.74) is 0.786. The van der Waals surface area contributed by atoms with Crippen molar-refractivity contribution in [2.24, 2.45) is 0 Å². The Hall–Kier alpha value is -1.05. The summed E-state index contributed by atoms with van der Waals surface area (Å²) in [5.74, 6) is 0.233. The second-order valence-electron chi connectivity index (χ2n) is 2.25. The Kier molecular flexibility index (Phi) is 2.26. The fourth-order valence-electron chi connectivity index (χ4n) is 0.946. The van der Waals surface area contributed by atoms with Crippen LogP contribution in [-0.2, 0) is 4.79 Å². The number of carbonyl (C=O) groups excluding carboxylic acids is 1. The third-order valence-electron chi connectivity index (χ3n) is 1.46. The van der Waals surface area contributed by atoms with Crippen LogP contribution in [0.2, 0.25) is 0 Å². The van der Waals surface area contributed by atoms with Gasteiger partial charge < -0.3 is 5.32 Å². The van der Waals surface area contributed by atoms with Crippen LogP contribution in [0.4, 0.5) is 0 Å². The number of allylic oxidation sites excluding steroid dienone is 3. The Morgan fingerprint density at radius 3 is 3.10 bits per heavy atom. The first-order valence-corrected chi connectivity index (χ1v) is 3.42. The molecular weight excluding hydrogens is 126 g/mol. The van der Waals surface area contributed by atoms with Gasteiger partial charge in [-0.25, -0.2) is 0 Å². The van der Waals surface area contributed by atoms with Crippen molar-refractivity contribution >= 4 is 5.78 Å². The van der Waals surface area contributed by atoms with Gasteiger partial charge in [-0.15, -0.1) is 0 Å². The lowest BCUT2D eigenvalue weighted by Crippen LogP contribution is -2.07. The summed E-state index contributed by atoms with van der Waals surface area (Å²) in [6, 6.07) is 0. The molecule has 0 bridgehead atoms. The van der Waals surface area contributed by atoms with E-state index in [1.54, 1.807) is 13.2 Å². The molecule has 0 amide bonds. The second-order valence-corrected chi connectivity index (χ2v) is 2.25. The predicted octanol–water partition coefficient (Wildman–Crippen LogP) is 1.01. The van der Waals surface area contributed by atoms with E-state index in [0.717, 1.165) is 12.0 Å². The average Bonchev–Trinajstić information content (AvgIpc) is 1.94. The first-order valence-electron chi connectivity index (χ1n) is 3.42. The zero-order chi connectivity index (χ0) is 7.40. The molecule has 1 N–H and O–H groups in total. The van der Waals surface area contributed by atoms with Crippen molar-refractivity contribution in [3.63, 3.8) is 0 Å². The average molecular weight is 137 g/mol. The Balaban J connectivity index is 2.73. The molecule has 54 valence electrons. The zero-order valence-corrected chi connectivity index (χ0v) is 6.05. The number of nitrogens with one attached hydrogen (secondary N) is 1. The van der Waals surface area contributed by atoms with Gasteiger partial charge in [0.2, 0.25) is 0 Å². The molecule has 1 aliphatic carbocycles. The summed E-state index contributed by atoms with van der Waals surface area (Å²) in [6.45, 7) is 0. The Morgan fingerprint density at radius 2 is 2.50 bits per heavy atom. The van der Waals surface area contributed by atoms with Crippen molar-refractivity contribution < 1.29 is 4.79 Å². The number of hydrogen-bond acceptors (Lipinski definition) is 2. The summed E-state index contributed by atoms with van der Waals surface area (Å²) < 4.78 is 0. The maximum atomic E-state index is 11.0. The Morgan fingerprint density at radius 1 is 1.70 bits per heavy atom. The van der Waals surface area contributed by atoms with E-state index >= 15 is 0 Å². The van der Waals surface area contributed by atoms with Gasteiger partial charge in [0.15, 0.2) is 5.78 Å². The molecule has 0 radical (unpaired) electrons. The van der Waals surface area contributed by atoms with Gasteiger partial charge in [-0.2, -0.15) is 0 Å².